The molecular formula is C16H11Cl3O3. The van der Waals surface area contributed by atoms with Gasteiger partial charge in [-0.2, -0.15) is 0 Å². The van der Waals surface area contributed by atoms with Crippen molar-refractivity contribution in [2.75, 3.05) is 0 Å². The first-order valence-electron chi connectivity index (χ1n) is 6.35. The van der Waals surface area contributed by atoms with Gasteiger partial charge in [-0.15, -0.1) is 0 Å². The summed E-state index contributed by atoms with van der Waals surface area (Å²) in [6.07, 6.45) is -0.971. The number of carbonyl (C=O) groups excluding carboxylic acids is 2. The Bertz CT molecular complexity index is 728. The maximum Gasteiger partial charge on any atom is 0.340 e. The minimum Gasteiger partial charge on any atom is -0.451 e. The molecule has 0 radical (unpaired) electrons. The van der Waals surface area contributed by atoms with E-state index in [2.05, 4.69) is 0 Å². The van der Waals surface area contributed by atoms with E-state index in [1.54, 1.807) is 30.3 Å². The zero-order valence-corrected chi connectivity index (χ0v) is 13.7. The van der Waals surface area contributed by atoms with Crippen LogP contribution >= 0.6 is 34.8 Å². The van der Waals surface area contributed by atoms with Crippen molar-refractivity contribution in [1.29, 1.82) is 0 Å². The van der Waals surface area contributed by atoms with Crippen molar-refractivity contribution < 1.29 is 14.3 Å². The van der Waals surface area contributed by atoms with Crippen molar-refractivity contribution in [3.8, 4) is 0 Å². The Morgan fingerprint density at radius 1 is 1.05 bits per heavy atom. The standard InChI is InChI=1S/C16H11Cl3O3/c1-9(15(20)10-4-2-5-11(17)8-10)22-16(21)12-6-3-7-13(18)14(12)19/h2-9H,1H3. The fourth-order valence-electron chi connectivity index (χ4n) is 1.82. The van der Waals surface area contributed by atoms with E-state index in [1.807, 2.05) is 0 Å². The lowest BCUT2D eigenvalue weighted by Crippen LogP contribution is -2.24. The van der Waals surface area contributed by atoms with E-state index < -0.39 is 12.1 Å². The van der Waals surface area contributed by atoms with Gasteiger partial charge in [0, 0.05) is 10.6 Å². The van der Waals surface area contributed by atoms with E-state index in [4.69, 9.17) is 39.5 Å². The van der Waals surface area contributed by atoms with E-state index in [0.29, 0.717) is 10.6 Å². The van der Waals surface area contributed by atoms with Crippen molar-refractivity contribution in [3.63, 3.8) is 0 Å². The Kier molecular flexibility index (Phi) is 5.46. The van der Waals surface area contributed by atoms with Gasteiger partial charge in [-0.3, -0.25) is 4.79 Å². The number of esters is 1. The van der Waals surface area contributed by atoms with E-state index in [9.17, 15) is 9.59 Å². The fourth-order valence-corrected chi connectivity index (χ4v) is 2.38. The summed E-state index contributed by atoms with van der Waals surface area (Å²) in [5.74, 6) is -1.07. The molecule has 0 aliphatic rings. The predicted molar refractivity (Wildman–Crippen MR) is 87.1 cm³/mol. The largest absolute Gasteiger partial charge is 0.451 e. The highest BCUT2D eigenvalue weighted by Crippen LogP contribution is 2.26. The van der Waals surface area contributed by atoms with E-state index in [0.717, 1.165) is 0 Å². The molecule has 22 heavy (non-hydrogen) atoms. The summed E-state index contributed by atoms with van der Waals surface area (Å²) >= 11 is 17.6. The Balaban J connectivity index is 2.14. The molecule has 1 unspecified atom stereocenters. The van der Waals surface area contributed by atoms with Gasteiger partial charge in [-0.25, -0.2) is 4.79 Å². The quantitative estimate of drug-likeness (QED) is 0.566. The van der Waals surface area contributed by atoms with Crippen molar-refractivity contribution >= 4 is 46.6 Å². The highest BCUT2D eigenvalue weighted by molar-refractivity contribution is 6.43. The van der Waals surface area contributed by atoms with Crippen LogP contribution in [-0.4, -0.2) is 17.9 Å². The number of ether oxygens (including phenoxy) is 1. The van der Waals surface area contributed by atoms with Gasteiger partial charge in [0.1, 0.15) is 0 Å². The van der Waals surface area contributed by atoms with Crippen LogP contribution in [0, 0.1) is 0 Å². The highest BCUT2D eigenvalue weighted by atomic mass is 35.5. The van der Waals surface area contributed by atoms with Crippen LogP contribution < -0.4 is 0 Å². The summed E-state index contributed by atoms with van der Waals surface area (Å²) in [5, 5.41) is 0.767. The van der Waals surface area contributed by atoms with Gasteiger partial charge in [0.15, 0.2) is 6.10 Å². The van der Waals surface area contributed by atoms with Gasteiger partial charge in [-0.05, 0) is 31.2 Å². The molecule has 114 valence electrons. The Morgan fingerprint density at radius 3 is 2.41 bits per heavy atom. The summed E-state index contributed by atoms with van der Waals surface area (Å²) in [7, 11) is 0. The van der Waals surface area contributed by atoms with Gasteiger partial charge >= 0.3 is 5.97 Å². The maximum absolute atomic E-state index is 12.2. The van der Waals surface area contributed by atoms with Crippen LogP contribution in [0.4, 0.5) is 0 Å². The summed E-state index contributed by atoms with van der Waals surface area (Å²) in [6.45, 7) is 1.49. The summed E-state index contributed by atoms with van der Waals surface area (Å²) < 4.78 is 5.15. The van der Waals surface area contributed by atoms with Crippen molar-refractivity contribution in [2.24, 2.45) is 0 Å². The molecule has 0 saturated heterocycles. The van der Waals surface area contributed by atoms with Crippen LogP contribution in [0.3, 0.4) is 0 Å². The van der Waals surface area contributed by atoms with Crippen LogP contribution in [0.5, 0.6) is 0 Å². The molecule has 0 aliphatic carbocycles. The summed E-state index contributed by atoms with van der Waals surface area (Å²) in [5.41, 5.74) is 0.477. The van der Waals surface area contributed by atoms with E-state index in [-0.39, 0.29) is 21.4 Å². The lowest BCUT2D eigenvalue weighted by atomic mass is 10.1. The predicted octanol–water partition coefficient (Wildman–Crippen LogP) is 5.08. The van der Waals surface area contributed by atoms with E-state index >= 15 is 0 Å². The van der Waals surface area contributed by atoms with Crippen molar-refractivity contribution in [2.45, 2.75) is 13.0 Å². The Labute approximate surface area is 142 Å². The lowest BCUT2D eigenvalue weighted by molar-refractivity contribution is 0.0319. The second-order valence-corrected chi connectivity index (χ2v) is 5.75. The normalized spacial score (nSPS) is 11.8. The molecule has 6 heteroatoms. The van der Waals surface area contributed by atoms with Gasteiger partial charge in [0.05, 0.1) is 15.6 Å². The zero-order valence-electron chi connectivity index (χ0n) is 11.5. The Hall–Kier alpha value is -1.55. The SMILES string of the molecule is CC(OC(=O)c1cccc(Cl)c1Cl)C(=O)c1cccc(Cl)c1. The average molecular weight is 358 g/mol. The first-order chi connectivity index (χ1) is 10.4. The minimum absolute atomic E-state index is 0.0940. The molecule has 0 saturated carbocycles. The van der Waals surface area contributed by atoms with Gasteiger partial charge in [0.25, 0.3) is 0 Å². The van der Waals surface area contributed by atoms with Crippen LogP contribution in [0.2, 0.25) is 15.1 Å². The molecule has 0 spiro atoms. The number of carbonyl (C=O) groups is 2. The monoisotopic (exact) mass is 356 g/mol. The molecule has 1 atom stereocenters. The number of rotatable bonds is 4. The third-order valence-corrected chi connectivity index (χ3v) is 3.99. The molecule has 0 fully saturated rings. The van der Waals surface area contributed by atoms with Crippen LogP contribution in [0.1, 0.15) is 27.6 Å². The molecule has 2 aromatic carbocycles. The number of ketones is 1. The van der Waals surface area contributed by atoms with Gasteiger partial charge < -0.3 is 4.74 Å². The molecule has 0 N–H and O–H groups in total. The van der Waals surface area contributed by atoms with Crippen molar-refractivity contribution in [1.82, 2.24) is 0 Å². The number of Topliss-reactive ketones (excluding diaryl/α,β-unsaturated/α-hetero) is 1. The van der Waals surface area contributed by atoms with E-state index in [1.165, 1.54) is 19.1 Å². The number of hydrogen-bond acceptors (Lipinski definition) is 3. The molecule has 2 aromatic rings. The van der Waals surface area contributed by atoms with Crippen molar-refractivity contribution in [3.05, 3.63) is 68.7 Å². The molecule has 0 aromatic heterocycles. The summed E-state index contributed by atoms with van der Waals surface area (Å²) in [4.78, 5) is 24.3. The maximum atomic E-state index is 12.2. The topological polar surface area (TPSA) is 43.4 Å². The number of benzene rings is 2. The average Bonchev–Trinajstić information content (AvgIpc) is 2.49. The molecule has 0 aliphatic heterocycles. The second kappa shape index (κ2) is 7.14. The molecule has 0 bridgehead atoms. The molecule has 0 heterocycles. The highest BCUT2D eigenvalue weighted by Gasteiger charge is 2.22. The van der Waals surface area contributed by atoms with Crippen LogP contribution in [0.25, 0.3) is 0 Å². The van der Waals surface area contributed by atoms with Gasteiger partial charge in [0.2, 0.25) is 5.78 Å². The lowest BCUT2D eigenvalue weighted by Gasteiger charge is -2.13. The first-order valence-corrected chi connectivity index (χ1v) is 7.48. The number of hydrogen-bond donors (Lipinski definition) is 0. The molecule has 3 nitrogen and oxygen atoms in total. The number of halogens is 3. The minimum atomic E-state index is -0.971. The smallest absolute Gasteiger partial charge is 0.340 e. The van der Waals surface area contributed by atoms with Crippen LogP contribution in [0.15, 0.2) is 42.5 Å². The third kappa shape index (κ3) is 3.80. The molecular weight excluding hydrogens is 347 g/mol. The fraction of sp³-hybridized carbons (Fsp3) is 0.125. The summed E-state index contributed by atoms with van der Waals surface area (Å²) in [6, 6.07) is 11.0. The molecule has 0 amide bonds. The molecule has 2 rings (SSSR count). The van der Waals surface area contributed by atoms with Gasteiger partial charge in [-0.1, -0.05) is 53.0 Å². The Morgan fingerprint density at radius 2 is 1.73 bits per heavy atom. The third-order valence-electron chi connectivity index (χ3n) is 2.93. The van der Waals surface area contributed by atoms with Crippen LogP contribution in [-0.2, 0) is 4.74 Å². The zero-order chi connectivity index (χ0) is 16.3. The first kappa shape index (κ1) is 16.8. The second-order valence-electron chi connectivity index (χ2n) is 4.52.